The first-order chi connectivity index (χ1) is 9.29. The predicted octanol–water partition coefficient (Wildman–Crippen LogP) is 2.06. The fourth-order valence-electron chi connectivity index (χ4n) is 2.69. The van der Waals surface area contributed by atoms with Crippen LogP contribution in [0.1, 0.15) is 18.6 Å². The third-order valence-corrected chi connectivity index (χ3v) is 3.85. The van der Waals surface area contributed by atoms with Gasteiger partial charge in [-0.25, -0.2) is 4.98 Å². The van der Waals surface area contributed by atoms with Gasteiger partial charge < -0.3 is 19.2 Å². The summed E-state index contributed by atoms with van der Waals surface area (Å²) < 4.78 is 17.0. The zero-order valence-corrected chi connectivity index (χ0v) is 11.2. The van der Waals surface area contributed by atoms with Gasteiger partial charge in [-0.3, -0.25) is 0 Å². The van der Waals surface area contributed by atoms with Crippen molar-refractivity contribution in [1.82, 2.24) is 10.3 Å². The molecule has 0 bridgehead atoms. The minimum absolute atomic E-state index is 0.338. The van der Waals surface area contributed by atoms with Crippen LogP contribution in [0.3, 0.4) is 0 Å². The Morgan fingerprint density at radius 3 is 2.79 bits per heavy atom. The maximum Gasteiger partial charge on any atom is 0.258 e. The summed E-state index contributed by atoms with van der Waals surface area (Å²) in [5.74, 6) is 1.38. The monoisotopic (exact) mass is 262 g/mol. The molecule has 1 fully saturated rings. The lowest BCUT2D eigenvalue weighted by Gasteiger charge is -2.34. The molecule has 1 saturated heterocycles. The molecule has 3 rings (SSSR count). The van der Waals surface area contributed by atoms with E-state index in [1.165, 1.54) is 0 Å². The van der Waals surface area contributed by atoms with E-state index in [1.807, 2.05) is 12.1 Å². The number of methoxy groups -OCH3 is 2. The van der Waals surface area contributed by atoms with Gasteiger partial charge in [-0.2, -0.15) is 0 Å². The summed E-state index contributed by atoms with van der Waals surface area (Å²) >= 11 is 0. The van der Waals surface area contributed by atoms with E-state index in [-0.39, 0.29) is 5.60 Å². The highest BCUT2D eigenvalue weighted by molar-refractivity contribution is 5.82. The van der Waals surface area contributed by atoms with E-state index in [0.717, 1.165) is 37.1 Å². The lowest BCUT2D eigenvalue weighted by Crippen LogP contribution is -2.40. The molecule has 0 amide bonds. The average Bonchev–Trinajstić information content (AvgIpc) is 2.92. The summed E-state index contributed by atoms with van der Waals surface area (Å²) in [5.41, 5.74) is 0.352. The number of fused-ring (bicyclic) bond motifs is 1. The van der Waals surface area contributed by atoms with Crippen molar-refractivity contribution in [2.75, 3.05) is 27.3 Å². The minimum atomic E-state index is -0.338. The number of furan rings is 1. The van der Waals surface area contributed by atoms with Crippen LogP contribution in [0.5, 0.6) is 5.88 Å². The third-order valence-electron chi connectivity index (χ3n) is 3.85. The van der Waals surface area contributed by atoms with Gasteiger partial charge in [0.05, 0.1) is 7.11 Å². The summed E-state index contributed by atoms with van der Waals surface area (Å²) in [5, 5.41) is 4.34. The number of nitrogens with zero attached hydrogens (tertiary/aromatic N) is 1. The van der Waals surface area contributed by atoms with E-state index in [9.17, 15) is 0 Å². The molecular formula is C14H18N2O3. The van der Waals surface area contributed by atoms with Gasteiger partial charge in [-0.15, -0.1) is 0 Å². The molecule has 1 aliphatic heterocycles. The lowest BCUT2D eigenvalue weighted by atomic mass is 9.89. The van der Waals surface area contributed by atoms with E-state index in [1.54, 1.807) is 20.4 Å². The number of ether oxygens (including phenoxy) is 2. The molecule has 3 heterocycles. The zero-order valence-electron chi connectivity index (χ0n) is 11.2. The van der Waals surface area contributed by atoms with Crippen LogP contribution >= 0.6 is 0 Å². The Morgan fingerprint density at radius 1 is 1.32 bits per heavy atom. The Kier molecular flexibility index (Phi) is 3.16. The molecular weight excluding hydrogens is 244 g/mol. The van der Waals surface area contributed by atoms with E-state index in [4.69, 9.17) is 13.9 Å². The molecule has 19 heavy (non-hydrogen) atoms. The third kappa shape index (κ3) is 1.99. The molecule has 102 valence electrons. The van der Waals surface area contributed by atoms with Gasteiger partial charge in [-0.1, -0.05) is 0 Å². The van der Waals surface area contributed by atoms with E-state index in [0.29, 0.717) is 11.5 Å². The first kappa shape index (κ1) is 12.4. The minimum Gasteiger partial charge on any atom is -0.478 e. The maximum atomic E-state index is 5.98. The van der Waals surface area contributed by atoms with E-state index in [2.05, 4.69) is 10.3 Å². The summed E-state index contributed by atoms with van der Waals surface area (Å²) in [6, 6.07) is 3.96. The summed E-state index contributed by atoms with van der Waals surface area (Å²) in [7, 11) is 3.34. The standard InChI is InChI=1S/C14H18N2O3/c1-17-13-12-10(3-6-16-13)9-11(19-12)14(18-2)4-7-15-8-5-14/h3,6,9,15H,4-5,7-8H2,1-2H3. The van der Waals surface area contributed by atoms with Gasteiger partial charge >= 0.3 is 0 Å². The Labute approximate surface area is 111 Å². The first-order valence-electron chi connectivity index (χ1n) is 6.48. The van der Waals surface area contributed by atoms with Gasteiger partial charge in [0.1, 0.15) is 11.4 Å². The zero-order chi connectivity index (χ0) is 13.3. The molecule has 1 N–H and O–H groups in total. The summed E-state index contributed by atoms with van der Waals surface area (Å²) in [4.78, 5) is 4.16. The lowest BCUT2D eigenvalue weighted by molar-refractivity contribution is -0.0541. The number of hydrogen-bond acceptors (Lipinski definition) is 5. The first-order valence-corrected chi connectivity index (χ1v) is 6.48. The Hall–Kier alpha value is -1.59. The van der Waals surface area contributed by atoms with Crippen LogP contribution < -0.4 is 10.1 Å². The highest BCUT2D eigenvalue weighted by atomic mass is 16.5. The van der Waals surface area contributed by atoms with Crippen molar-refractivity contribution in [3.63, 3.8) is 0 Å². The van der Waals surface area contributed by atoms with Crippen molar-refractivity contribution in [3.05, 3.63) is 24.1 Å². The van der Waals surface area contributed by atoms with Crippen LogP contribution in [0, 0.1) is 0 Å². The number of rotatable bonds is 3. The van der Waals surface area contributed by atoms with Crippen LogP contribution in [0.4, 0.5) is 0 Å². The van der Waals surface area contributed by atoms with Crippen LogP contribution in [-0.2, 0) is 10.3 Å². The Bertz CT molecular complexity index is 573. The molecule has 5 nitrogen and oxygen atoms in total. The van der Waals surface area contributed by atoms with Crippen LogP contribution in [0.2, 0.25) is 0 Å². The van der Waals surface area contributed by atoms with Crippen molar-refractivity contribution in [1.29, 1.82) is 0 Å². The van der Waals surface area contributed by atoms with Crippen molar-refractivity contribution >= 4 is 11.0 Å². The van der Waals surface area contributed by atoms with Crippen molar-refractivity contribution < 1.29 is 13.9 Å². The molecule has 0 spiro atoms. The van der Waals surface area contributed by atoms with Crippen LogP contribution in [0.25, 0.3) is 11.0 Å². The number of piperidine rings is 1. The van der Waals surface area contributed by atoms with Gasteiger partial charge in [0.15, 0.2) is 5.58 Å². The topological polar surface area (TPSA) is 56.5 Å². The van der Waals surface area contributed by atoms with Gasteiger partial charge in [0.25, 0.3) is 5.88 Å². The smallest absolute Gasteiger partial charge is 0.258 e. The number of hydrogen-bond donors (Lipinski definition) is 1. The molecule has 0 aromatic carbocycles. The second-order valence-corrected chi connectivity index (χ2v) is 4.80. The van der Waals surface area contributed by atoms with Crippen LogP contribution in [-0.4, -0.2) is 32.3 Å². The molecule has 1 aliphatic rings. The Morgan fingerprint density at radius 2 is 2.11 bits per heavy atom. The van der Waals surface area contributed by atoms with Crippen molar-refractivity contribution in [3.8, 4) is 5.88 Å². The molecule has 0 atom stereocenters. The molecule has 0 aliphatic carbocycles. The van der Waals surface area contributed by atoms with Crippen molar-refractivity contribution in [2.24, 2.45) is 0 Å². The predicted molar refractivity (Wildman–Crippen MR) is 71.4 cm³/mol. The van der Waals surface area contributed by atoms with Gasteiger partial charge in [0, 0.05) is 18.7 Å². The van der Waals surface area contributed by atoms with Gasteiger partial charge in [0.2, 0.25) is 0 Å². The molecule has 5 heteroatoms. The fourth-order valence-corrected chi connectivity index (χ4v) is 2.69. The van der Waals surface area contributed by atoms with E-state index < -0.39 is 0 Å². The summed E-state index contributed by atoms with van der Waals surface area (Å²) in [6.45, 7) is 1.86. The highest BCUT2D eigenvalue weighted by Gasteiger charge is 2.37. The largest absolute Gasteiger partial charge is 0.478 e. The van der Waals surface area contributed by atoms with Gasteiger partial charge in [-0.05, 0) is 38.1 Å². The van der Waals surface area contributed by atoms with Crippen LogP contribution in [0.15, 0.2) is 22.7 Å². The average molecular weight is 262 g/mol. The molecule has 0 radical (unpaired) electrons. The van der Waals surface area contributed by atoms with E-state index >= 15 is 0 Å². The fraction of sp³-hybridized carbons (Fsp3) is 0.500. The molecule has 2 aromatic heterocycles. The SMILES string of the molecule is COc1nccc2cc(C3(OC)CCNCC3)oc12. The molecule has 0 saturated carbocycles. The summed E-state index contributed by atoms with van der Waals surface area (Å²) in [6.07, 6.45) is 3.53. The molecule has 0 unspecified atom stereocenters. The quantitative estimate of drug-likeness (QED) is 0.917. The second-order valence-electron chi connectivity index (χ2n) is 4.80. The molecule has 2 aromatic rings. The number of pyridine rings is 1. The second kappa shape index (κ2) is 4.83. The normalized spacial score (nSPS) is 18.6. The number of aromatic nitrogens is 1. The Balaban J connectivity index is 2.09. The van der Waals surface area contributed by atoms with Crippen molar-refractivity contribution in [2.45, 2.75) is 18.4 Å². The number of nitrogens with one attached hydrogen (secondary N) is 1. The highest BCUT2D eigenvalue weighted by Crippen LogP contribution is 2.38. The maximum absolute atomic E-state index is 5.98.